The first-order chi connectivity index (χ1) is 15.8. The second-order valence-electron chi connectivity index (χ2n) is 9.94. The van der Waals surface area contributed by atoms with Gasteiger partial charge in [-0.3, -0.25) is 14.5 Å². The van der Waals surface area contributed by atoms with Crippen molar-refractivity contribution in [3.63, 3.8) is 0 Å². The van der Waals surface area contributed by atoms with Crippen LogP contribution in [0, 0.1) is 13.8 Å². The van der Waals surface area contributed by atoms with E-state index in [0.29, 0.717) is 12.2 Å². The van der Waals surface area contributed by atoms with Gasteiger partial charge in [-0.25, -0.2) is 0 Å². The fraction of sp³-hybridized carbons (Fsp3) is 0.481. The van der Waals surface area contributed by atoms with Crippen molar-refractivity contribution in [2.45, 2.75) is 84.3 Å². The molecule has 5 nitrogen and oxygen atoms in total. The Morgan fingerprint density at radius 1 is 1.15 bits per heavy atom. The zero-order chi connectivity index (χ0) is 23.3. The van der Waals surface area contributed by atoms with Crippen LogP contribution in [0.1, 0.15) is 72.4 Å². The van der Waals surface area contributed by atoms with E-state index in [0.717, 1.165) is 59.1 Å². The molecule has 2 aromatic heterocycles. The Labute approximate surface area is 199 Å². The highest BCUT2D eigenvalue weighted by Crippen LogP contribution is 2.39. The molecule has 1 fully saturated rings. The maximum atomic E-state index is 14.0. The number of nitrogens with zero attached hydrogens (tertiary/aromatic N) is 2. The summed E-state index contributed by atoms with van der Waals surface area (Å²) in [4.78, 5) is 31.0. The van der Waals surface area contributed by atoms with Gasteiger partial charge in [0.1, 0.15) is 11.2 Å². The summed E-state index contributed by atoms with van der Waals surface area (Å²) in [6.45, 7) is 8.60. The van der Waals surface area contributed by atoms with Gasteiger partial charge >= 0.3 is 0 Å². The summed E-state index contributed by atoms with van der Waals surface area (Å²) in [5, 5.41) is 3.32. The molecule has 1 aromatic carbocycles. The SMILES string of the molecule is CCc1cc2c(cc3n2C[C@@](C)(C(=O)NC2CCCCC2)N(c2ccc(C)cc2C)C3=O)s1. The fourth-order valence-electron chi connectivity index (χ4n) is 5.52. The van der Waals surface area contributed by atoms with Gasteiger partial charge in [0.05, 0.1) is 16.8 Å². The van der Waals surface area contributed by atoms with Crippen molar-refractivity contribution in [3.05, 3.63) is 52.0 Å². The number of aryl methyl sites for hydroxylation is 3. The number of benzene rings is 1. The van der Waals surface area contributed by atoms with Crippen LogP contribution >= 0.6 is 11.3 Å². The highest BCUT2D eigenvalue weighted by Gasteiger charge is 2.49. The topological polar surface area (TPSA) is 54.3 Å². The maximum absolute atomic E-state index is 14.0. The summed E-state index contributed by atoms with van der Waals surface area (Å²) in [6.07, 6.45) is 6.54. The molecule has 6 heteroatoms. The minimum Gasteiger partial charge on any atom is -0.351 e. The molecule has 1 atom stereocenters. The molecule has 5 rings (SSSR count). The van der Waals surface area contributed by atoms with Crippen LogP contribution in [0.2, 0.25) is 0 Å². The highest BCUT2D eigenvalue weighted by atomic mass is 32.1. The van der Waals surface area contributed by atoms with Gasteiger partial charge in [0.25, 0.3) is 5.91 Å². The minimum absolute atomic E-state index is 0.0545. The molecule has 1 saturated carbocycles. The van der Waals surface area contributed by atoms with E-state index in [9.17, 15) is 9.59 Å². The number of thiophene rings is 1. The Balaban J connectivity index is 1.62. The largest absolute Gasteiger partial charge is 0.351 e. The lowest BCUT2D eigenvalue weighted by molar-refractivity contribution is -0.127. The molecular weight excluding hydrogens is 430 g/mol. The third-order valence-electron chi connectivity index (χ3n) is 7.39. The van der Waals surface area contributed by atoms with Crippen molar-refractivity contribution in [2.24, 2.45) is 0 Å². The van der Waals surface area contributed by atoms with Crippen molar-refractivity contribution in [1.29, 1.82) is 0 Å². The first-order valence-corrected chi connectivity index (χ1v) is 13.0. The molecule has 33 heavy (non-hydrogen) atoms. The van der Waals surface area contributed by atoms with Gasteiger partial charge in [-0.2, -0.15) is 0 Å². The highest BCUT2D eigenvalue weighted by molar-refractivity contribution is 7.19. The Morgan fingerprint density at radius 2 is 1.91 bits per heavy atom. The zero-order valence-electron chi connectivity index (χ0n) is 20.0. The molecule has 3 aromatic rings. The summed E-state index contributed by atoms with van der Waals surface area (Å²) in [6, 6.07) is 10.5. The number of anilines is 1. The van der Waals surface area contributed by atoms with Crippen LogP contribution < -0.4 is 10.2 Å². The summed E-state index contributed by atoms with van der Waals surface area (Å²) in [7, 11) is 0. The molecule has 0 unspecified atom stereocenters. The van der Waals surface area contributed by atoms with E-state index in [4.69, 9.17) is 0 Å². The Bertz CT molecular complexity index is 1230. The van der Waals surface area contributed by atoms with Gasteiger partial charge in [0, 0.05) is 16.6 Å². The number of carbonyl (C=O) groups is 2. The van der Waals surface area contributed by atoms with Crippen LogP contribution in [0.5, 0.6) is 0 Å². The van der Waals surface area contributed by atoms with Crippen LogP contribution in [0.15, 0.2) is 30.3 Å². The molecule has 3 heterocycles. The summed E-state index contributed by atoms with van der Waals surface area (Å²) >= 11 is 1.74. The van der Waals surface area contributed by atoms with Crippen molar-refractivity contribution in [3.8, 4) is 0 Å². The summed E-state index contributed by atoms with van der Waals surface area (Å²) < 4.78 is 3.20. The van der Waals surface area contributed by atoms with Gasteiger partial charge < -0.3 is 9.88 Å². The van der Waals surface area contributed by atoms with Gasteiger partial charge in [0.15, 0.2) is 0 Å². The number of rotatable bonds is 4. The molecule has 0 saturated heterocycles. The molecule has 1 aliphatic heterocycles. The third-order valence-corrected chi connectivity index (χ3v) is 8.61. The average Bonchev–Trinajstić information content (AvgIpc) is 3.34. The Morgan fingerprint density at radius 3 is 2.61 bits per heavy atom. The van der Waals surface area contributed by atoms with Gasteiger partial charge in [-0.05, 0) is 63.8 Å². The predicted molar refractivity (Wildman–Crippen MR) is 135 cm³/mol. The van der Waals surface area contributed by atoms with Crippen molar-refractivity contribution in [2.75, 3.05) is 4.90 Å². The monoisotopic (exact) mass is 463 g/mol. The van der Waals surface area contributed by atoms with Gasteiger partial charge in [-0.1, -0.05) is 43.9 Å². The number of fused-ring (bicyclic) bond motifs is 3. The van der Waals surface area contributed by atoms with Crippen LogP contribution in [0.4, 0.5) is 5.69 Å². The van der Waals surface area contributed by atoms with Crippen LogP contribution in [0.25, 0.3) is 10.2 Å². The Hall–Kier alpha value is -2.60. The number of hydrogen-bond acceptors (Lipinski definition) is 3. The molecule has 0 spiro atoms. The lowest BCUT2D eigenvalue weighted by Gasteiger charge is -2.45. The van der Waals surface area contributed by atoms with Crippen molar-refractivity contribution < 1.29 is 9.59 Å². The van der Waals surface area contributed by atoms with E-state index in [1.54, 1.807) is 16.2 Å². The van der Waals surface area contributed by atoms with Crippen LogP contribution in [-0.2, 0) is 17.8 Å². The maximum Gasteiger partial charge on any atom is 0.275 e. The standard InChI is InChI=1S/C27H33N3O2S/c1-5-20-14-22-24(33-20)15-23-25(31)30(21-12-11-17(2)13-18(21)3)27(4,16-29(22)23)26(32)28-19-9-7-6-8-10-19/h11-15,19H,5-10,16H2,1-4H3,(H,28,32)/t27-/m0/s1. The van der Waals surface area contributed by atoms with Gasteiger partial charge in [-0.15, -0.1) is 11.3 Å². The van der Waals surface area contributed by atoms with Crippen molar-refractivity contribution >= 4 is 39.1 Å². The second kappa shape index (κ2) is 8.32. The van der Waals surface area contributed by atoms with E-state index in [2.05, 4.69) is 28.9 Å². The Kier molecular flexibility index (Phi) is 5.60. The summed E-state index contributed by atoms with van der Waals surface area (Å²) in [5.41, 5.74) is 3.69. The molecule has 1 N–H and O–H groups in total. The second-order valence-corrected chi connectivity index (χ2v) is 11.1. The van der Waals surface area contributed by atoms with E-state index < -0.39 is 5.54 Å². The lowest BCUT2D eigenvalue weighted by atomic mass is 9.90. The van der Waals surface area contributed by atoms with Crippen LogP contribution in [0.3, 0.4) is 0 Å². The number of carbonyl (C=O) groups excluding carboxylic acids is 2. The minimum atomic E-state index is -1.01. The quantitative estimate of drug-likeness (QED) is 0.536. The number of aromatic nitrogens is 1. The number of nitrogens with one attached hydrogen (secondary N) is 1. The molecule has 174 valence electrons. The average molecular weight is 464 g/mol. The molecule has 2 amide bonds. The normalized spacial score (nSPS) is 21.5. The van der Waals surface area contributed by atoms with Crippen molar-refractivity contribution in [1.82, 2.24) is 9.88 Å². The molecule has 0 radical (unpaired) electrons. The van der Waals surface area contributed by atoms with E-state index in [1.165, 1.54) is 11.3 Å². The molecule has 0 bridgehead atoms. The van der Waals surface area contributed by atoms with E-state index >= 15 is 0 Å². The zero-order valence-corrected chi connectivity index (χ0v) is 20.8. The number of amides is 2. The lowest BCUT2D eigenvalue weighted by Crippen LogP contribution is -2.65. The first-order valence-electron chi connectivity index (χ1n) is 12.2. The summed E-state index contributed by atoms with van der Waals surface area (Å²) in [5.74, 6) is -0.155. The number of hydrogen-bond donors (Lipinski definition) is 1. The first kappa shape index (κ1) is 22.2. The van der Waals surface area contributed by atoms with Crippen LogP contribution in [-0.4, -0.2) is 28.0 Å². The predicted octanol–water partition coefficient (Wildman–Crippen LogP) is 5.75. The van der Waals surface area contributed by atoms with Gasteiger partial charge in [0.2, 0.25) is 5.91 Å². The van der Waals surface area contributed by atoms with E-state index in [-0.39, 0.29) is 17.9 Å². The van der Waals surface area contributed by atoms with E-state index in [1.807, 2.05) is 39.0 Å². The molecule has 1 aliphatic carbocycles. The third kappa shape index (κ3) is 3.68. The molecule has 2 aliphatic rings. The smallest absolute Gasteiger partial charge is 0.275 e. The molecular formula is C27H33N3O2S. The fourth-order valence-corrected chi connectivity index (χ4v) is 6.57.